The largest absolute Gasteiger partial charge is 0.790 e. The van der Waals surface area contributed by atoms with Gasteiger partial charge in [0.2, 0.25) is 0 Å². The van der Waals surface area contributed by atoms with Gasteiger partial charge in [-0.05, 0) is 133 Å². The number of hydrogen-bond donors (Lipinski definition) is 0. The molecule has 0 spiro atoms. The summed E-state index contributed by atoms with van der Waals surface area (Å²) in [6.45, 7) is 12.2. The zero-order valence-corrected chi connectivity index (χ0v) is 36.5. The SMILES string of the molecule is CC(C)=CCC/C=C/CC/C(C)=C/CC/C(C)=C/COP(=O)([O-])OP(=O)([O-])[O-].CC1(C)CCCC2[C@@H]3CC/C(=C/COP(=O)([O-])OP(=O)([O-])[O-])C=C3CC[C@@H]21. The quantitative estimate of drug-likeness (QED) is 0.0730. The van der Waals surface area contributed by atoms with E-state index in [2.05, 4.69) is 82.7 Å². The van der Waals surface area contributed by atoms with E-state index in [1.807, 2.05) is 6.92 Å². The van der Waals surface area contributed by atoms with Crippen molar-refractivity contribution in [3.63, 3.8) is 0 Å². The van der Waals surface area contributed by atoms with Gasteiger partial charge >= 0.3 is 0 Å². The lowest BCUT2D eigenvalue weighted by atomic mass is 9.53. The second-order valence-corrected chi connectivity index (χ2v) is 20.8. The van der Waals surface area contributed by atoms with E-state index in [9.17, 15) is 47.6 Å². The van der Waals surface area contributed by atoms with Crippen LogP contribution >= 0.6 is 31.3 Å². The second-order valence-electron chi connectivity index (χ2n) is 15.4. The molecule has 0 aliphatic heterocycles. The average molecular weight is 851 g/mol. The molecule has 0 aromatic rings. The second kappa shape index (κ2) is 22.9. The summed E-state index contributed by atoms with van der Waals surface area (Å²) in [5.74, 6) is 2.13. The van der Waals surface area contributed by atoms with Crippen molar-refractivity contribution in [1.82, 2.24) is 0 Å². The van der Waals surface area contributed by atoms with Crippen LogP contribution in [0.2, 0.25) is 0 Å². The van der Waals surface area contributed by atoms with Crippen molar-refractivity contribution in [1.29, 1.82) is 0 Å². The molecule has 0 N–H and O–H groups in total. The third-order valence-corrected chi connectivity index (χ3v) is 14.3. The zero-order chi connectivity index (χ0) is 41.5. The fourth-order valence-electron chi connectivity index (χ4n) is 7.56. The van der Waals surface area contributed by atoms with Crippen molar-refractivity contribution >= 4 is 31.3 Å². The molecule has 0 heterocycles. The molecule has 0 aromatic heterocycles. The number of phosphoric acid groups is 4. The van der Waals surface area contributed by atoms with Gasteiger partial charge in [0, 0.05) is 0 Å². The van der Waals surface area contributed by atoms with Gasteiger partial charge < -0.3 is 47.5 Å². The lowest BCUT2D eigenvalue weighted by molar-refractivity contribution is -0.342. The highest BCUT2D eigenvalue weighted by Gasteiger charge is 2.45. The Morgan fingerprint density at radius 3 is 1.93 bits per heavy atom. The first-order valence-corrected chi connectivity index (χ1v) is 24.6. The van der Waals surface area contributed by atoms with Gasteiger partial charge in [-0.15, -0.1) is 0 Å². The molecule has 0 saturated heterocycles. The molecule has 0 bridgehead atoms. The molecule has 3 rings (SSSR count). The topological polar surface area (TPSA) is 244 Å². The zero-order valence-electron chi connectivity index (χ0n) is 32.9. The third-order valence-electron chi connectivity index (χ3n) is 10.2. The van der Waals surface area contributed by atoms with Crippen LogP contribution in [0.1, 0.15) is 125 Å². The molecule has 3 aliphatic rings. The van der Waals surface area contributed by atoms with E-state index in [-0.39, 0.29) is 13.2 Å². The van der Waals surface area contributed by atoms with Gasteiger partial charge in [-0.25, -0.2) is 0 Å². The van der Waals surface area contributed by atoms with E-state index in [0.717, 1.165) is 74.3 Å². The van der Waals surface area contributed by atoms with Crippen LogP contribution in [0.5, 0.6) is 0 Å². The number of phosphoric ester groups is 2. The van der Waals surface area contributed by atoms with Crippen molar-refractivity contribution in [2.24, 2.45) is 23.2 Å². The molecule has 0 aromatic carbocycles. The lowest BCUT2D eigenvalue weighted by Crippen LogP contribution is -2.42. The molecule has 3 aliphatic carbocycles. The van der Waals surface area contributed by atoms with E-state index in [0.29, 0.717) is 17.8 Å². The Morgan fingerprint density at radius 2 is 1.31 bits per heavy atom. The molecule has 18 heteroatoms. The van der Waals surface area contributed by atoms with Crippen molar-refractivity contribution in [3.8, 4) is 0 Å². The van der Waals surface area contributed by atoms with Crippen molar-refractivity contribution in [2.75, 3.05) is 13.2 Å². The van der Waals surface area contributed by atoms with Crippen LogP contribution in [0.3, 0.4) is 0 Å². The minimum atomic E-state index is -5.64. The molecule has 3 unspecified atom stereocenters. The number of allylic oxidation sites excluding steroid dienone is 10. The van der Waals surface area contributed by atoms with Crippen LogP contribution in [0.25, 0.3) is 0 Å². The summed E-state index contributed by atoms with van der Waals surface area (Å²) in [5.41, 5.74) is 6.36. The maximum absolute atomic E-state index is 11.3. The molecule has 316 valence electrons. The van der Waals surface area contributed by atoms with Gasteiger partial charge in [-0.2, -0.15) is 0 Å². The molecule has 2 fully saturated rings. The molecule has 14 nitrogen and oxygen atoms in total. The monoisotopic (exact) mass is 850 g/mol. The summed E-state index contributed by atoms with van der Waals surface area (Å²) in [6.07, 6.45) is 27.8. The minimum absolute atomic E-state index is 0.344. The predicted octanol–water partition coefficient (Wildman–Crippen LogP) is 6.89. The molecular weight excluding hydrogens is 792 g/mol. The Bertz CT molecular complexity index is 1630. The van der Waals surface area contributed by atoms with Crippen LogP contribution in [-0.4, -0.2) is 13.2 Å². The van der Waals surface area contributed by atoms with Gasteiger partial charge in [0.05, 0.1) is 28.9 Å². The summed E-state index contributed by atoms with van der Waals surface area (Å²) < 4.78 is 58.7. The van der Waals surface area contributed by atoms with Gasteiger partial charge in [0.25, 0.3) is 15.6 Å². The van der Waals surface area contributed by atoms with Crippen molar-refractivity contribution in [3.05, 3.63) is 70.4 Å². The summed E-state index contributed by atoms with van der Waals surface area (Å²) in [5, 5.41) is 0. The third kappa shape index (κ3) is 21.5. The standard InChI is InChI=1S/C19H34O7P2.C18H30O7P2/c1-17(2)11-8-6-5-7-9-12-18(3)13-10-14-19(4)15-16-25-28(23,24)26-27(20,21)22;1-18(2)10-3-4-16-15-7-5-13(12-14(15)6-8-17(16)18)9-11-24-27(22,23)25-26(19,20)21/h5,7,11,13,15H,6,8-10,12,14,16H2,1-4H3,(H,23,24)(H2,20,21,22);9,12,15-17H,3-8,10-11H2,1-2H3,(H,22,23)(H2,19,20,21)/p-6/b7-5+,18-13+,19-15+;13-9-/t;15-,16?,17+/m.1/s1. The van der Waals surface area contributed by atoms with Crippen molar-refractivity contribution < 1.29 is 65.3 Å². The summed E-state index contributed by atoms with van der Waals surface area (Å²) >= 11 is 0. The van der Waals surface area contributed by atoms with Gasteiger partial charge in [0.1, 0.15) is 0 Å². The Kier molecular flexibility index (Phi) is 20.9. The fourth-order valence-corrected chi connectivity index (χ4v) is 10.4. The van der Waals surface area contributed by atoms with E-state index in [1.165, 1.54) is 48.5 Å². The Hall–Kier alpha value is -1.04. The highest BCUT2D eigenvalue weighted by molar-refractivity contribution is 7.59. The molecule has 0 radical (unpaired) electrons. The number of fused-ring (bicyclic) bond motifs is 3. The average Bonchev–Trinajstić information content (AvgIpc) is 3.01. The summed E-state index contributed by atoms with van der Waals surface area (Å²) in [4.78, 5) is 63.8. The summed E-state index contributed by atoms with van der Waals surface area (Å²) in [7, 11) is -21.6. The van der Waals surface area contributed by atoms with E-state index < -0.39 is 31.3 Å². The first-order chi connectivity index (χ1) is 25.4. The number of hydrogen-bond acceptors (Lipinski definition) is 14. The number of unbranched alkanes of at least 4 members (excludes halogenated alkanes) is 1. The van der Waals surface area contributed by atoms with Crippen molar-refractivity contribution in [2.45, 2.75) is 125 Å². The maximum Gasteiger partial charge on any atom is 0.272 e. The molecule has 55 heavy (non-hydrogen) atoms. The summed E-state index contributed by atoms with van der Waals surface area (Å²) in [6, 6.07) is 0. The minimum Gasteiger partial charge on any atom is -0.790 e. The maximum atomic E-state index is 11.3. The van der Waals surface area contributed by atoms with E-state index in [1.54, 1.807) is 6.08 Å². The van der Waals surface area contributed by atoms with Crippen LogP contribution in [-0.2, 0) is 35.9 Å². The molecule has 5 atom stereocenters. The lowest BCUT2D eigenvalue weighted by Gasteiger charge is -2.52. The van der Waals surface area contributed by atoms with Gasteiger partial charge in [-0.1, -0.05) is 85.1 Å². The van der Waals surface area contributed by atoms with Crippen LogP contribution in [0, 0.1) is 23.2 Å². The smallest absolute Gasteiger partial charge is 0.272 e. The molecule has 0 amide bonds. The normalized spacial score (nSPS) is 24.8. The first kappa shape index (κ1) is 50.1. The van der Waals surface area contributed by atoms with Crippen LogP contribution in [0.4, 0.5) is 0 Å². The van der Waals surface area contributed by atoms with Crippen LogP contribution < -0.4 is 29.4 Å². The highest BCUT2D eigenvalue weighted by Crippen LogP contribution is 2.56. The Morgan fingerprint density at radius 1 is 0.727 bits per heavy atom. The number of rotatable bonds is 19. The fraction of sp³-hybridized carbons (Fsp3) is 0.676. The highest BCUT2D eigenvalue weighted by atomic mass is 31.3. The molecular formula is C37H58O14P4-6. The Labute approximate surface area is 327 Å². The van der Waals surface area contributed by atoms with Gasteiger partial charge in [-0.3, -0.25) is 17.8 Å². The van der Waals surface area contributed by atoms with E-state index >= 15 is 0 Å². The Balaban J connectivity index is 0.000000380. The van der Waals surface area contributed by atoms with Gasteiger partial charge in [0.15, 0.2) is 0 Å². The first-order valence-electron chi connectivity index (χ1n) is 18.7. The molecule has 2 saturated carbocycles. The predicted molar refractivity (Wildman–Crippen MR) is 201 cm³/mol. The van der Waals surface area contributed by atoms with Crippen LogP contribution in [0.15, 0.2) is 70.4 Å². The van der Waals surface area contributed by atoms with E-state index in [4.69, 9.17) is 0 Å².